The number of hydrogen-bond acceptors (Lipinski definition) is 4. The number of nitrogens with one attached hydrogen (secondary N) is 1. The Balaban J connectivity index is 1.91. The van der Waals surface area contributed by atoms with Gasteiger partial charge >= 0.3 is 0 Å². The fourth-order valence-corrected chi connectivity index (χ4v) is 2.31. The van der Waals surface area contributed by atoms with Crippen LogP contribution in [-0.4, -0.2) is 41.5 Å². The van der Waals surface area contributed by atoms with Gasteiger partial charge in [-0.15, -0.1) is 0 Å². The van der Waals surface area contributed by atoms with Crippen molar-refractivity contribution in [2.75, 3.05) is 25.0 Å². The zero-order valence-corrected chi connectivity index (χ0v) is 11.2. The van der Waals surface area contributed by atoms with Crippen LogP contribution in [0.1, 0.15) is 6.42 Å². The quantitative estimate of drug-likeness (QED) is 0.881. The molecule has 0 aromatic carbocycles. The predicted molar refractivity (Wildman–Crippen MR) is 71.9 cm³/mol. The first kappa shape index (κ1) is 13.5. The van der Waals surface area contributed by atoms with Gasteiger partial charge in [0.15, 0.2) is 5.82 Å². The van der Waals surface area contributed by atoms with Crippen molar-refractivity contribution in [3.63, 3.8) is 0 Å². The number of carbonyl (C=O) groups excluding carboxylic acids is 1. The number of halogens is 2. The van der Waals surface area contributed by atoms with E-state index >= 15 is 0 Å². The lowest BCUT2D eigenvalue weighted by molar-refractivity contribution is -0.117. The molecule has 98 valence electrons. The van der Waals surface area contributed by atoms with Gasteiger partial charge in [0.2, 0.25) is 5.91 Å². The van der Waals surface area contributed by atoms with Crippen molar-refractivity contribution in [3.8, 4) is 0 Å². The van der Waals surface area contributed by atoms with Gasteiger partial charge in [0.25, 0.3) is 0 Å². The maximum Gasteiger partial charge on any atom is 0.239 e. The Morgan fingerprint density at radius 2 is 2.39 bits per heavy atom. The standard InChI is InChI=1S/C11H14Cl2N4O/c12-7-3-9(13)11(15-4-7)16-10(18)6-17-2-1-8(14)5-17/h3-4,8H,1-2,5-6,14H2,(H,15,16,18)/t8-/m0/s1. The van der Waals surface area contributed by atoms with Gasteiger partial charge in [-0.2, -0.15) is 0 Å². The average molecular weight is 289 g/mol. The van der Waals surface area contributed by atoms with Crippen molar-refractivity contribution in [1.29, 1.82) is 0 Å². The number of amides is 1. The number of nitrogens with zero attached hydrogens (tertiary/aromatic N) is 2. The molecular formula is C11H14Cl2N4O. The Hall–Kier alpha value is -0.880. The van der Waals surface area contributed by atoms with Gasteiger partial charge in [0.1, 0.15) is 0 Å². The Bertz CT molecular complexity index is 455. The van der Waals surface area contributed by atoms with Gasteiger partial charge in [0, 0.05) is 25.3 Å². The fraction of sp³-hybridized carbons (Fsp3) is 0.455. The van der Waals surface area contributed by atoms with Crippen LogP contribution in [0.4, 0.5) is 5.82 Å². The normalized spacial score (nSPS) is 20.1. The molecule has 3 N–H and O–H groups in total. The monoisotopic (exact) mass is 288 g/mol. The van der Waals surface area contributed by atoms with Crippen LogP contribution in [0.5, 0.6) is 0 Å². The minimum Gasteiger partial charge on any atom is -0.326 e. The topological polar surface area (TPSA) is 71.2 Å². The van der Waals surface area contributed by atoms with E-state index in [-0.39, 0.29) is 11.9 Å². The van der Waals surface area contributed by atoms with E-state index in [0.29, 0.717) is 22.4 Å². The van der Waals surface area contributed by atoms with Crippen LogP contribution in [0.25, 0.3) is 0 Å². The first-order valence-corrected chi connectivity index (χ1v) is 6.39. The second-order valence-corrected chi connectivity index (χ2v) is 5.16. The number of hydrogen-bond donors (Lipinski definition) is 2. The summed E-state index contributed by atoms with van der Waals surface area (Å²) in [6.45, 7) is 1.89. The molecule has 0 bridgehead atoms. The van der Waals surface area contributed by atoms with Crippen LogP contribution in [0.15, 0.2) is 12.3 Å². The molecule has 1 aromatic rings. The molecule has 0 radical (unpaired) electrons. The Kier molecular flexibility index (Phi) is 4.40. The summed E-state index contributed by atoms with van der Waals surface area (Å²) >= 11 is 11.6. The molecule has 5 nitrogen and oxygen atoms in total. The SMILES string of the molecule is N[C@H]1CCN(CC(=O)Nc2ncc(Cl)cc2Cl)C1. The lowest BCUT2D eigenvalue weighted by Gasteiger charge is -2.14. The molecule has 0 saturated carbocycles. The Morgan fingerprint density at radius 1 is 1.61 bits per heavy atom. The van der Waals surface area contributed by atoms with Crippen molar-refractivity contribution in [3.05, 3.63) is 22.3 Å². The molecule has 1 fully saturated rings. The summed E-state index contributed by atoms with van der Waals surface area (Å²) in [5.41, 5.74) is 5.77. The number of aromatic nitrogens is 1. The summed E-state index contributed by atoms with van der Waals surface area (Å²) in [7, 11) is 0. The molecule has 0 spiro atoms. The third-order valence-electron chi connectivity index (χ3n) is 2.74. The summed E-state index contributed by atoms with van der Waals surface area (Å²) in [4.78, 5) is 17.8. The van der Waals surface area contributed by atoms with Gasteiger partial charge in [-0.25, -0.2) is 4.98 Å². The van der Waals surface area contributed by atoms with E-state index < -0.39 is 0 Å². The zero-order chi connectivity index (χ0) is 13.1. The molecule has 0 unspecified atom stereocenters. The molecule has 0 aliphatic carbocycles. The third-order valence-corrected chi connectivity index (χ3v) is 3.24. The van der Waals surface area contributed by atoms with E-state index in [2.05, 4.69) is 10.3 Å². The Labute approximate surface area is 115 Å². The van der Waals surface area contributed by atoms with Crippen LogP contribution < -0.4 is 11.1 Å². The van der Waals surface area contributed by atoms with Crippen molar-refractivity contribution in [2.45, 2.75) is 12.5 Å². The number of nitrogens with two attached hydrogens (primary N) is 1. The fourth-order valence-electron chi connectivity index (χ4n) is 1.89. The van der Waals surface area contributed by atoms with Crippen molar-refractivity contribution in [1.82, 2.24) is 9.88 Å². The second-order valence-electron chi connectivity index (χ2n) is 4.32. The second kappa shape index (κ2) is 5.84. The lowest BCUT2D eigenvalue weighted by Crippen LogP contribution is -2.33. The van der Waals surface area contributed by atoms with E-state index in [1.54, 1.807) is 0 Å². The summed E-state index contributed by atoms with van der Waals surface area (Å²) in [5, 5.41) is 3.42. The number of rotatable bonds is 3. The maximum absolute atomic E-state index is 11.8. The van der Waals surface area contributed by atoms with Crippen molar-refractivity contribution in [2.24, 2.45) is 5.73 Å². The molecule has 1 aliphatic heterocycles. The number of pyridine rings is 1. The highest BCUT2D eigenvalue weighted by Gasteiger charge is 2.21. The van der Waals surface area contributed by atoms with E-state index in [9.17, 15) is 4.79 Å². The number of carbonyl (C=O) groups is 1. The lowest BCUT2D eigenvalue weighted by atomic mass is 10.3. The summed E-state index contributed by atoms with van der Waals surface area (Å²) in [6, 6.07) is 1.70. The highest BCUT2D eigenvalue weighted by molar-refractivity contribution is 6.36. The van der Waals surface area contributed by atoms with Gasteiger partial charge in [-0.05, 0) is 12.5 Å². The van der Waals surface area contributed by atoms with E-state index in [4.69, 9.17) is 28.9 Å². The first-order chi connectivity index (χ1) is 8.54. The molecule has 1 amide bonds. The molecular weight excluding hydrogens is 275 g/mol. The summed E-state index contributed by atoms with van der Waals surface area (Å²) in [6.07, 6.45) is 2.36. The minimum atomic E-state index is -0.152. The largest absolute Gasteiger partial charge is 0.326 e. The molecule has 2 rings (SSSR count). The zero-order valence-electron chi connectivity index (χ0n) is 9.70. The van der Waals surface area contributed by atoms with Crippen LogP contribution in [0, 0.1) is 0 Å². The maximum atomic E-state index is 11.8. The van der Waals surface area contributed by atoms with Gasteiger partial charge < -0.3 is 11.1 Å². The molecule has 1 atom stereocenters. The highest BCUT2D eigenvalue weighted by Crippen LogP contribution is 2.22. The van der Waals surface area contributed by atoms with Gasteiger partial charge in [-0.1, -0.05) is 23.2 Å². The van der Waals surface area contributed by atoms with Crippen molar-refractivity contribution >= 4 is 34.9 Å². The third kappa shape index (κ3) is 3.55. The first-order valence-electron chi connectivity index (χ1n) is 5.63. The van der Waals surface area contributed by atoms with Gasteiger partial charge in [0.05, 0.1) is 16.6 Å². The molecule has 7 heteroatoms. The average Bonchev–Trinajstić information content (AvgIpc) is 2.68. The van der Waals surface area contributed by atoms with Crippen LogP contribution in [0.3, 0.4) is 0 Å². The van der Waals surface area contributed by atoms with Crippen LogP contribution in [0.2, 0.25) is 10.0 Å². The van der Waals surface area contributed by atoms with E-state index in [0.717, 1.165) is 19.5 Å². The molecule has 2 heterocycles. The Morgan fingerprint density at radius 3 is 3.00 bits per heavy atom. The molecule has 1 saturated heterocycles. The minimum absolute atomic E-state index is 0.152. The van der Waals surface area contributed by atoms with Crippen LogP contribution >= 0.6 is 23.2 Å². The van der Waals surface area contributed by atoms with Crippen LogP contribution in [-0.2, 0) is 4.79 Å². The molecule has 1 aromatic heterocycles. The number of likely N-dealkylation sites (tertiary alicyclic amines) is 1. The summed E-state index contributed by atoms with van der Waals surface area (Å²) in [5.74, 6) is 0.176. The van der Waals surface area contributed by atoms with E-state index in [1.165, 1.54) is 12.3 Å². The van der Waals surface area contributed by atoms with E-state index in [1.807, 2.05) is 4.90 Å². The highest BCUT2D eigenvalue weighted by atomic mass is 35.5. The molecule has 1 aliphatic rings. The predicted octanol–water partition coefficient (Wildman–Crippen LogP) is 1.36. The number of anilines is 1. The van der Waals surface area contributed by atoms with Crippen molar-refractivity contribution < 1.29 is 4.79 Å². The smallest absolute Gasteiger partial charge is 0.239 e. The molecule has 18 heavy (non-hydrogen) atoms. The van der Waals surface area contributed by atoms with Gasteiger partial charge in [-0.3, -0.25) is 9.69 Å². The summed E-state index contributed by atoms with van der Waals surface area (Å²) < 4.78 is 0.